The van der Waals surface area contributed by atoms with Crippen molar-refractivity contribution in [1.29, 1.82) is 0 Å². The summed E-state index contributed by atoms with van der Waals surface area (Å²) in [4.78, 5) is 27.2. The Morgan fingerprint density at radius 1 is 0.946 bits per heavy atom. The standard InChI is InChI=1S/C18H15N3O4S.C5H5N.C2H4O2.Pd/c1-13-6-11-17(19-12-13)16-4-2-3-5-18(16)20-26(24,25)15-9-7-14(8-10-15)21(22)23;1-2-4-6-5-3-1;1-2(3)4;/h2-12,20H,1H3;1-5H;1H3,(H,3,4);. The molecule has 2 aromatic heterocycles. The molecule has 0 saturated heterocycles. The molecule has 4 aromatic rings. The molecule has 2 aromatic carbocycles. The number of benzene rings is 2. The summed E-state index contributed by atoms with van der Waals surface area (Å²) in [6.07, 6.45) is 5.21. The van der Waals surface area contributed by atoms with Gasteiger partial charge in [0.25, 0.3) is 21.7 Å². The molecule has 0 fully saturated rings. The second-order valence-electron chi connectivity index (χ2n) is 7.17. The molecule has 0 atom stereocenters. The average molecular weight is 615 g/mol. The van der Waals surface area contributed by atoms with Crippen molar-refractivity contribution in [3.05, 3.63) is 113 Å². The number of hydrogen-bond acceptors (Lipinski definition) is 7. The van der Waals surface area contributed by atoms with Crippen LogP contribution in [0.2, 0.25) is 0 Å². The van der Waals surface area contributed by atoms with Crippen molar-refractivity contribution in [2.24, 2.45) is 0 Å². The van der Waals surface area contributed by atoms with Crippen molar-refractivity contribution in [2.75, 3.05) is 4.72 Å². The number of pyridine rings is 2. The van der Waals surface area contributed by atoms with Crippen molar-refractivity contribution < 1.29 is 43.7 Å². The SMILES string of the molecule is CC(=O)O.Cc1ccc(-c2ccccc2NS(=O)(=O)c2ccc([N+](=O)[O-])cc2)nc1.[Pd].c1ccncc1. The van der Waals surface area contributed by atoms with Crippen LogP contribution in [-0.2, 0) is 35.2 Å². The number of sulfonamides is 1. The first-order valence-corrected chi connectivity index (χ1v) is 11.9. The number of non-ortho nitro benzene ring substituents is 1. The zero-order valence-electron chi connectivity index (χ0n) is 19.8. The summed E-state index contributed by atoms with van der Waals surface area (Å²) in [5.41, 5.74) is 2.48. The number of nitro benzene ring substituents is 1. The van der Waals surface area contributed by atoms with Gasteiger partial charge >= 0.3 is 0 Å². The van der Waals surface area contributed by atoms with Gasteiger partial charge in [-0.2, -0.15) is 0 Å². The van der Waals surface area contributed by atoms with Gasteiger partial charge in [0.15, 0.2) is 0 Å². The predicted molar refractivity (Wildman–Crippen MR) is 136 cm³/mol. The largest absolute Gasteiger partial charge is 0.481 e. The number of anilines is 1. The zero-order chi connectivity index (χ0) is 26.6. The Morgan fingerprint density at radius 2 is 1.54 bits per heavy atom. The number of hydrogen-bond donors (Lipinski definition) is 2. The van der Waals surface area contributed by atoms with Crippen molar-refractivity contribution in [3.63, 3.8) is 0 Å². The number of aromatic nitrogens is 2. The van der Waals surface area contributed by atoms with Gasteiger partial charge < -0.3 is 5.11 Å². The minimum atomic E-state index is -3.89. The molecule has 0 saturated carbocycles. The molecule has 196 valence electrons. The summed E-state index contributed by atoms with van der Waals surface area (Å²) >= 11 is 0. The summed E-state index contributed by atoms with van der Waals surface area (Å²) in [5.74, 6) is -0.833. The van der Waals surface area contributed by atoms with E-state index < -0.39 is 20.9 Å². The first-order valence-electron chi connectivity index (χ1n) is 10.4. The van der Waals surface area contributed by atoms with E-state index >= 15 is 0 Å². The molecule has 0 bridgehead atoms. The maximum atomic E-state index is 12.6. The molecule has 0 aliphatic rings. The number of aryl methyl sites for hydroxylation is 1. The van der Waals surface area contributed by atoms with E-state index in [1.165, 1.54) is 12.1 Å². The normalized spacial score (nSPS) is 9.78. The molecule has 0 spiro atoms. The number of aliphatic carboxylic acids is 1. The molecule has 0 aliphatic carbocycles. The Kier molecular flexibility index (Phi) is 12.8. The number of nitrogens with zero attached hydrogens (tertiary/aromatic N) is 3. The van der Waals surface area contributed by atoms with Gasteiger partial charge in [-0.3, -0.25) is 29.6 Å². The molecule has 0 aliphatic heterocycles. The fourth-order valence-corrected chi connectivity index (χ4v) is 3.77. The maximum absolute atomic E-state index is 12.6. The van der Waals surface area contributed by atoms with Crippen molar-refractivity contribution in [1.82, 2.24) is 9.97 Å². The summed E-state index contributed by atoms with van der Waals surface area (Å²) in [7, 11) is -3.89. The van der Waals surface area contributed by atoms with E-state index in [-0.39, 0.29) is 31.0 Å². The smallest absolute Gasteiger partial charge is 0.300 e. The molecule has 4 rings (SSSR count). The molecule has 2 heterocycles. The van der Waals surface area contributed by atoms with E-state index in [1.807, 2.05) is 37.3 Å². The molecule has 12 heteroatoms. The van der Waals surface area contributed by atoms with Crippen LogP contribution in [0, 0.1) is 17.0 Å². The van der Waals surface area contributed by atoms with Gasteiger partial charge in [0.1, 0.15) is 0 Å². The number of para-hydroxylation sites is 1. The molecular weight excluding hydrogens is 591 g/mol. The predicted octanol–water partition coefficient (Wildman–Crippen LogP) is 4.94. The van der Waals surface area contributed by atoms with Crippen LogP contribution in [0.5, 0.6) is 0 Å². The van der Waals surface area contributed by atoms with Gasteiger partial charge in [-0.15, -0.1) is 0 Å². The van der Waals surface area contributed by atoms with Crippen molar-refractivity contribution in [3.8, 4) is 11.3 Å². The number of rotatable bonds is 5. The molecule has 10 nitrogen and oxygen atoms in total. The second-order valence-corrected chi connectivity index (χ2v) is 8.85. The van der Waals surface area contributed by atoms with Gasteiger partial charge in [-0.05, 0) is 48.9 Å². The minimum absolute atomic E-state index is 0. The third-order valence-electron chi connectivity index (χ3n) is 4.28. The third-order valence-corrected chi connectivity index (χ3v) is 5.66. The van der Waals surface area contributed by atoms with Crippen LogP contribution in [0.3, 0.4) is 0 Å². The molecule has 0 amide bonds. The van der Waals surface area contributed by atoms with Crippen LogP contribution in [0.4, 0.5) is 11.4 Å². The van der Waals surface area contributed by atoms with E-state index in [0.717, 1.165) is 24.6 Å². The van der Waals surface area contributed by atoms with E-state index in [4.69, 9.17) is 9.90 Å². The van der Waals surface area contributed by atoms with Gasteiger partial charge in [-0.25, -0.2) is 8.42 Å². The fraction of sp³-hybridized carbons (Fsp3) is 0.0800. The van der Waals surface area contributed by atoms with Crippen LogP contribution >= 0.6 is 0 Å². The number of nitro groups is 1. The van der Waals surface area contributed by atoms with Crippen LogP contribution in [0.15, 0.2) is 102 Å². The van der Waals surface area contributed by atoms with E-state index in [1.54, 1.807) is 42.9 Å². The second kappa shape index (κ2) is 15.2. The number of carboxylic acid groups (broad SMARTS) is 1. The maximum Gasteiger partial charge on any atom is 0.300 e. The van der Waals surface area contributed by atoms with Gasteiger partial charge in [0.05, 0.1) is 21.2 Å². The van der Waals surface area contributed by atoms with Crippen molar-refractivity contribution >= 4 is 27.4 Å². The minimum Gasteiger partial charge on any atom is -0.481 e. The summed E-state index contributed by atoms with van der Waals surface area (Å²) < 4.78 is 27.8. The number of carbonyl (C=O) groups is 1. The van der Waals surface area contributed by atoms with E-state index in [0.29, 0.717) is 16.9 Å². The first kappa shape index (κ1) is 31.1. The number of carboxylic acids is 1. The van der Waals surface area contributed by atoms with Gasteiger partial charge in [0.2, 0.25) is 0 Å². The Morgan fingerprint density at radius 3 is 2.00 bits per heavy atom. The average Bonchev–Trinajstić information content (AvgIpc) is 2.86. The molecular formula is C25H24N4O6PdS. The first-order chi connectivity index (χ1) is 17.1. The molecule has 2 N–H and O–H groups in total. The Hall–Kier alpha value is -3.98. The molecule has 0 radical (unpaired) electrons. The van der Waals surface area contributed by atoms with Gasteiger partial charge in [-0.1, -0.05) is 30.3 Å². The molecule has 0 unspecified atom stereocenters. The van der Waals surface area contributed by atoms with E-state index in [2.05, 4.69) is 14.7 Å². The summed E-state index contributed by atoms with van der Waals surface area (Å²) in [5, 5.41) is 18.1. The molecule has 37 heavy (non-hydrogen) atoms. The Labute approximate surface area is 228 Å². The van der Waals surface area contributed by atoms with Crippen LogP contribution in [0.1, 0.15) is 12.5 Å². The summed E-state index contributed by atoms with van der Waals surface area (Å²) in [6.45, 7) is 3.00. The van der Waals surface area contributed by atoms with Crippen LogP contribution in [-0.4, -0.2) is 34.4 Å². The monoisotopic (exact) mass is 614 g/mol. The quantitative estimate of drug-likeness (QED) is 0.182. The fourth-order valence-electron chi connectivity index (χ4n) is 2.69. The van der Waals surface area contributed by atoms with Gasteiger partial charge in [0, 0.05) is 63.6 Å². The third kappa shape index (κ3) is 10.7. The Bertz CT molecular complexity index is 1350. The Balaban J connectivity index is 0.000000524. The zero-order valence-corrected chi connectivity index (χ0v) is 22.2. The number of nitrogens with one attached hydrogen (secondary N) is 1. The van der Waals surface area contributed by atoms with Crippen LogP contribution in [0.25, 0.3) is 11.3 Å². The van der Waals surface area contributed by atoms with Crippen LogP contribution < -0.4 is 4.72 Å². The topological polar surface area (TPSA) is 152 Å². The van der Waals surface area contributed by atoms with Crippen molar-refractivity contribution in [2.45, 2.75) is 18.7 Å². The van der Waals surface area contributed by atoms with E-state index in [9.17, 15) is 18.5 Å². The summed E-state index contributed by atoms with van der Waals surface area (Å²) in [6, 6.07) is 21.0.